The van der Waals surface area contributed by atoms with Crippen molar-refractivity contribution in [2.75, 3.05) is 0 Å². The molecule has 1 saturated heterocycles. The van der Waals surface area contributed by atoms with Crippen LogP contribution in [0.5, 0.6) is 0 Å². The number of esters is 2. The summed E-state index contributed by atoms with van der Waals surface area (Å²) >= 11 is 2.22. The average Bonchev–Trinajstić information content (AvgIpc) is 2.17. The highest BCUT2D eigenvalue weighted by molar-refractivity contribution is 14.1. The minimum Gasteiger partial charge on any atom is -0.393 e. The molecule has 0 N–H and O–H groups in total. The van der Waals surface area contributed by atoms with Crippen LogP contribution in [0.2, 0.25) is 0 Å². The van der Waals surface area contributed by atoms with Gasteiger partial charge >= 0.3 is 11.9 Å². The van der Waals surface area contributed by atoms with Crippen LogP contribution in [0.4, 0.5) is 0 Å². The summed E-state index contributed by atoms with van der Waals surface area (Å²) in [5.41, 5.74) is 1.03. The molecule has 2 rings (SSSR count). The molecule has 0 aliphatic carbocycles. The van der Waals surface area contributed by atoms with Crippen molar-refractivity contribution in [2.45, 2.75) is 18.8 Å². The van der Waals surface area contributed by atoms with Crippen molar-refractivity contribution in [1.29, 1.82) is 0 Å². The van der Waals surface area contributed by atoms with Crippen molar-refractivity contribution >= 4 is 34.5 Å². The Bertz CT molecular complexity index is 381. The molecule has 0 bridgehead atoms. The molecule has 1 fully saturated rings. The molecule has 4 heteroatoms. The molecule has 3 nitrogen and oxygen atoms in total. The number of hydrogen-bond donors (Lipinski definition) is 0. The van der Waals surface area contributed by atoms with E-state index in [-0.39, 0.29) is 5.92 Å². The second-order valence-corrected chi connectivity index (χ2v) is 4.75. The highest BCUT2D eigenvalue weighted by atomic mass is 127. The molecule has 15 heavy (non-hydrogen) atoms. The largest absolute Gasteiger partial charge is 0.393 e. The molecule has 1 aromatic carbocycles. The molecule has 1 aliphatic rings. The molecule has 0 radical (unpaired) electrons. The lowest BCUT2D eigenvalue weighted by Crippen LogP contribution is -2.24. The van der Waals surface area contributed by atoms with E-state index in [1.165, 1.54) is 0 Å². The Morgan fingerprint density at radius 2 is 1.60 bits per heavy atom. The maximum atomic E-state index is 11.1. The second-order valence-electron chi connectivity index (χ2n) is 3.50. The Morgan fingerprint density at radius 3 is 2.13 bits per heavy atom. The first-order valence-electron chi connectivity index (χ1n) is 4.64. The molecule has 1 heterocycles. The van der Waals surface area contributed by atoms with Crippen molar-refractivity contribution < 1.29 is 14.3 Å². The van der Waals surface area contributed by atoms with Crippen LogP contribution >= 0.6 is 22.6 Å². The van der Waals surface area contributed by atoms with Gasteiger partial charge < -0.3 is 4.74 Å². The number of carbonyl (C=O) groups is 2. The lowest BCUT2D eigenvalue weighted by atomic mass is 9.91. The monoisotopic (exact) mass is 316 g/mol. The third-order valence-electron chi connectivity index (χ3n) is 2.40. The van der Waals surface area contributed by atoms with Crippen LogP contribution in [0.3, 0.4) is 0 Å². The molecule has 78 valence electrons. The summed E-state index contributed by atoms with van der Waals surface area (Å²) in [6.45, 7) is 0. The van der Waals surface area contributed by atoms with E-state index in [1.54, 1.807) is 0 Å². The predicted octanol–water partition coefficient (Wildman–Crippen LogP) is 2.24. The minimum atomic E-state index is -0.421. The molecular weight excluding hydrogens is 307 g/mol. The van der Waals surface area contributed by atoms with Gasteiger partial charge in [-0.2, -0.15) is 0 Å². The summed E-state index contributed by atoms with van der Waals surface area (Å²) < 4.78 is 5.62. The standard InChI is InChI=1S/C11H9IO3/c12-9-3-1-7(2-4-9)8-5-10(13)15-11(14)6-8/h1-4,8H,5-6H2. The Hall–Kier alpha value is -0.910. The first-order valence-corrected chi connectivity index (χ1v) is 5.72. The van der Waals surface area contributed by atoms with Crippen molar-refractivity contribution in [2.24, 2.45) is 0 Å². The van der Waals surface area contributed by atoms with Crippen molar-refractivity contribution in [1.82, 2.24) is 0 Å². The van der Waals surface area contributed by atoms with Crippen molar-refractivity contribution in [3.8, 4) is 0 Å². The lowest BCUT2D eigenvalue weighted by molar-refractivity contribution is -0.163. The maximum Gasteiger partial charge on any atom is 0.314 e. The SMILES string of the molecule is O=C1CC(c2ccc(I)cc2)CC(=O)O1. The predicted molar refractivity (Wildman–Crippen MR) is 62.2 cm³/mol. The second kappa shape index (κ2) is 4.30. The first kappa shape index (κ1) is 10.6. The molecular formula is C11H9IO3. The van der Waals surface area contributed by atoms with Gasteiger partial charge in [0.25, 0.3) is 0 Å². The highest BCUT2D eigenvalue weighted by Crippen LogP contribution is 2.28. The van der Waals surface area contributed by atoms with Gasteiger partial charge in [0.1, 0.15) is 0 Å². The van der Waals surface area contributed by atoms with E-state index < -0.39 is 11.9 Å². The van der Waals surface area contributed by atoms with Crippen LogP contribution in [0.1, 0.15) is 24.3 Å². The summed E-state index contributed by atoms with van der Waals surface area (Å²) in [4.78, 5) is 22.2. The van der Waals surface area contributed by atoms with Gasteiger partial charge in [0, 0.05) is 9.49 Å². The van der Waals surface area contributed by atoms with E-state index in [2.05, 4.69) is 27.3 Å². The summed E-state index contributed by atoms with van der Waals surface area (Å²) in [7, 11) is 0. The van der Waals surface area contributed by atoms with Crippen LogP contribution in [0, 0.1) is 3.57 Å². The van der Waals surface area contributed by atoms with Gasteiger partial charge in [-0.3, -0.25) is 9.59 Å². The topological polar surface area (TPSA) is 43.4 Å². The van der Waals surface area contributed by atoms with E-state index in [4.69, 9.17) is 0 Å². The fraction of sp³-hybridized carbons (Fsp3) is 0.273. The quantitative estimate of drug-likeness (QED) is 0.453. The average molecular weight is 316 g/mol. The van der Waals surface area contributed by atoms with Crippen LogP contribution in [0.25, 0.3) is 0 Å². The van der Waals surface area contributed by atoms with Crippen LogP contribution < -0.4 is 0 Å². The molecule has 0 amide bonds. The Morgan fingerprint density at radius 1 is 1.07 bits per heavy atom. The van der Waals surface area contributed by atoms with Crippen molar-refractivity contribution in [3.63, 3.8) is 0 Å². The Labute approximate surface area is 101 Å². The fourth-order valence-corrected chi connectivity index (χ4v) is 2.02. The summed E-state index contributed by atoms with van der Waals surface area (Å²) in [5.74, 6) is -0.861. The zero-order valence-electron chi connectivity index (χ0n) is 7.90. The van der Waals surface area contributed by atoms with Gasteiger partial charge in [-0.25, -0.2) is 0 Å². The summed E-state index contributed by atoms with van der Waals surface area (Å²) in [5, 5.41) is 0. The fourth-order valence-electron chi connectivity index (χ4n) is 1.66. The number of ether oxygens (including phenoxy) is 1. The first-order chi connectivity index (χ1) is 7.15. The van der Waals surface area contributed by atoms with E-state index in [0.717, 1.165) is 9.13 Å². The number of cyclic esters (lactones) is 2. The van der Waals surface area contributed by atoms with Crippen molar-refractivity contribution in [3.05, 3.63) is 33.4 Å². The number of rotatable bonds is 1. The third kappa shape index (κ3) is 2.56. The van der Waals surface area contributed by atoms with Gasteiger partial charge in [0.15, 0.2) is 0 Å². The Balaban J connectivity index is 2.19. The van der Waals surface area contributed by atoms with Gasteiger partial charge in [0.2, 0.25) is 0 Å². The van der Waals surface area contributed by atoms with E-state index in [0.29, 0.717) is 12.8 Å². The zero-order valence-corrected chi connectivity index (χ0v) is 10.1. The molecule has 1 aromatic rings. The van der Waals surface area contributed by atoms with Gasteiger partial charge in [0.05, 0.1) is 12.8 Å². The lowest BCUT2D eigenvalue weighted by Gasteiger charge is -2.19. The van der Waals surface area contributed by atoms with E-state index in [1.807, 2.05) is 24.3 Å². The van der Waals surface area contributed by atoms with Crippen LogP contribution in [-0.4, -0.2) is 11.9 Å². The van der Waals surface area contributed by atoms with Crippen LogP contribution in [-0.2, 0) is 14.3 Å². The minimum absolute atomic E-state index is 0.0178. The number of benzene rings is 1. The van der Waals surface area contributed by atoms with Gasteiger partial charge in [-0.05, 0) is 40.3 Å². The molecule has 1 aliphatic heterocycles. The molecule has 0 saturated carbocycles. The van der Waals surface area contributed by atoms with Crippen LogP contribution in [0.15, 0.2) is 24.3 Å². The van der Waals surface area contributed by atoms with Gasteiger partial charge in [-0.15, -0.1) is 0 Å². The highest BCUT2D eigenvalue weighted by Gasteiger charge is 2.27. The summed E-state index contributed by atoms with van der Waals surface area (Å²) in [6.07, 6.45) is 0.596. The molecule has 0 aromatic heterocycles. The smallest absolute Gasteiger partial charge is 0.314 e. The van der Waals surface area contributed by atoms with E-state index in [9.17, 15) is 9.59 Å². The zero-order chi connectivity index (χ0) is 10.8. The third-order valence-corrected chi connectivity index (χ3v) is 3.11. The maximum absolute atomic E-state index is 11.1. The number of hydrogen-bond acceptors (Lipinski definition) is 3. The number of carbonyl (C=O) groups excluding carboxylic acids is 2. The molecule has 0 spiro atoms. The number of halogens is 1. The normalized spacial score (nSPS) is 17.7. The summed E-state index contributed by atoms with van der Waals surface area (Å²) in [6, 6.07) is 7.86. The molecule has 0 unspecified atom stereocenters. The van der Waals surface area contributed by atoms with E-state index >= 15 is 0 Å². The van der Waals surface area contributed by atoms with Gasteiger partial charge in [-0.1, -0.05) is 12.1 Å². The molecule has 0 atom stereocenters. The Kier molecular flexibility index (Phi) is 3.04.